The molecule has 0 bridgehead atoms. The van der Waals surface area contributed by atoms with Crippen LogP contribution in [0.2, 0.25) is 0 Å². The third-order valence-electron chi connectivity index (χ3n) is 3.88. The summed E-state index contributed by atoms with van der Waals surface area (Å²) in [4.78, 5) is 12.8. The van der Waals surface area contributed by atoms with Gasteiger partial charge in [-0.05, 0) is 43.9 Å². The van der Waals surface area contributed by atoms with Gasteiger partial charge in [0.05, 0.1) is 4.92 Å². The Balaban J connectivity index is 1.56. The number of nitrogens with zero attached hydrogens (tertiary/aromatic N) is 2. The van der Waals surface area contributed by atoms with Crippen LogP contribution in [-0.4, -0.2) is 30.6 Å². The molecule has 5 nitrogen and oxygen atoms in total. The Morgan fingerprint density at radius 2 is 2.26 bits per heavy atom. The molecule has 3 rings (SSSR count). The van der Waals surface area contributed by atoms with E-state index < -0.39 is 0 Å². The molecular formula is C14H19N3O2. The van der Waals surface area contributed by atoms with Crippen molar-refractivity contribution in [3.8, 4) is 0 Å². The van der Waals surface area contributed by atoms with Crippen molar-refractivity contribution in [2.45, 2.75) is 31.7 Å². The second-order valence-corrected chi connectivity index (χ2v) is 5.39. The number of nitro groups is 1. The van der Waals surface area contributed by atoms with Crippen molar-refractivity contribution in [2.24, 2.45) is 0 Å². The fraction of sp³-hybridized carbons (Fsp3) is 0.571. The fourth-order valence-electron chi connectivity index (χ4n) is 2.67. The third-order valence-corrected chi connectivity index (χ3v) is 3.88. The standard InChI is InChI=1S/C14H19N3O2/c18-17(19)13-4-5-14-11(10-13)6-9-16(14)8-1-7-15-12-2-3-12/h4-5,10,12,15H,1-3,6-9H2. The van der Waals surface area contributed by atoms with Gasteiger partial charge in [-0.1, -0.05) is 0 Å². The number of rotatable bonds is 6. The molecule has 1 aromatic rings. The minimum atomic E-state index is -0.317. The topological polar surface area (TPSA) is 58.4 Å². The molecule has 1 aliphatic carbocycles. The maximum absolute atomic E-state index is 10.7. The first-order valence-electron chi connectivity index (χ1n) is 7.00. The molecule has 1 saturated carbocycles. The first-order chi connectivity index (χ1) is 9.24. The maximum atomic E-state index is 10.7. The second kappa shape index (κ2) is 5.17. The molecule has 0 unspecified atom stereocenters. The largest absolute Gasteiger partial charge is 0.371 e. The lowest BCUT2D eigenvalue weighted by Crippen LogP contribution is -2.26. The molecule has 0 spiro atoms. The molecule has 0 radical (unpaired) electrons. The fourth-order valence-corrected chi connectivity index (χ4v) is 2.67. The van der Waals surface area contributed by atoms with Gasteiger partial charge >= 0.3 is 0 Å². The molecule has 1 heterocycles. The van der Waals surface area contributed by atoms with Crippen molar-refractivity contribution < 1.29 is 4.92 Å². The van der Waals surface area contributed by atoms with Crippen LogP contribution in [0.15, 0.2) is 18.2 Å². The van der Waals surface area contributed by atoms with Gasteiger partial charge < -0.3 is 10.2 Å². The van der Waals surface area contributed by atoms with Crippen LogP contribution >= 0.6 is 0 Å². The number of nitrogens with one attached hydrogen (secondary N) is 1. The van der Waals surface area contributed by atoms with Crippen molar-refractivity contribution in [3.05, 3.63) is 33.9 Å². The number of hydrogen-bond acceptors (Lipinski definition) is 4. The summed E-state index contributed by atoms with van der Waals surface area (Å²) in [5.74, 6) is 0. The van der Waals surface area contributed by atoms with E-state index in [2.05, 4.69) is 10.2 Å². The lowest BCUT2D eigenvalue weighted by molar-refractivity contribution is -0.384. The lowest BCUT2D eigenvalue weighted by atomic mass is 10.1. The summed E-state index contributed by atoms with van der Waals surface area (Å²) in [5, 5.41) is 14.3. The van der Waals surface area contributed by atoms with Gasteiger partial charge in [-0.25, -0.2) is 0 Å². The average Bonchev–Trinajstić information content (AvgIpc) is 3.14. The van der Waals surface area contributed by atoms with Gasteiger partial charge in [-0.2, -0.15) is 0 Å². The van der Waals surface area contributed by atoms with Gasteiger partial charge in [0.2, 0.25) is 0 Å². The van der Waals surface area contributed by atoms with Crippen molar-refractivity contribution in [1.82, 2.24) is 5.32 Å². The van der Waals surface area contributed by atoms with Crippen LogP contribution in [0.4, 0.5) is 11.4 Å². The summed E-state index contributed by atoms with van der Waals surface area (Å²) in [7, 11) is 0. The zero-order valence-electron chi connectivity index (χ0n) is 11.0. The van der Waals surface area contributed by atoms with Crippen LogP contribution in [0.3, 0.4) is 0 Å². The van der Waals surface area contributed by atoms with Crippen molar-refractivity contribution in [3.63, 3.8) is 0 Å². The molecule has 102 valence electrons. The van der Waals surface area contributed by atoms with Crippen molar-refractivity contribution >= 4 is 11.4 Å². The monoisotopic (exact) mass is 261 g/mol. The lowest BCUT2D eigenvalue weighted by Gasteiger charge is -2.19. The summed E-state index contributed by atoms with van der Waals surface area (Å²) >= 11 is 0. The molecule has 5 heteroatoms. The van der Waals surface area contributed by atoms with E-state index in [0.717, 1.165) is 44.1 Å². The number of hydrogen-bond donors (Lipinski definition) is 1. The molecule has 2 aliphatic rings. The third kappa shape index (κ3) is 2.87. The van der Waals surface area contributed by atoms with E-state index in [0.29, 0.717) is 0 Å². The minimum Gasteiger partial charge on any atom is -0.371 e. The highest BCUT2D eigenvalue weighted by Gasteiger charge is 2.22. The van der Waals surface area contributed by atoms with Crippen molar-refractivity contribution in [1.29, 1.82) is 0 Å². The Bertz CT molecular complexity index is 486. The van der Waals surface area contributed by atoms with Crippen molar-refractivity contribution in [2.75, 3.05) is 24.5 Å². The summed E-state index contributed by atoms with van der Waals surface area (Å²) in [6.07, 6.45) is 4.71. The highest BCUT2D eigenvalue weighted by Crippen LogP contribution is 2.31. The second-order valence-electron chi connectivity index (χ2n) is 5.39. The van der Waals surface area contributed by atoms with Gasteiger partial charge in [0.15, 0.2) is 0 Å². The van der Waals surface area contributed by atoms with Crippen LogP contribution < -0.4 is 10.2 Å². The van der Waals surface area contributed by atoms with Gasteiger partial charge in [0, 0.05) is 37.0 Å². The van der Waals surface area contributed by atoms with Gasteiger partial charge in [0.25, 0.3) is 5.69 Å². The van der Waals surface area contributed by atoms with E-state index in [-0.39, 0.29) is 10.6 Å². The van der Waals surface area contributed by atoms with E-state index in [1.807, 2.05) is 6.07 Å². The van der Waals surface area contributed by atoms with Gasteiger partial charge in [-0.15, -0.1) is 0 Å². The van der Waals surface area contributed by atoms with Crippen LogP contribution in [0.1, 0.15) is 24.8 Å². The first kappa shape index (κ1) is 12.4. The van der Waals surface area contributed by atoms with Crippen LogP contribution in [0.5, 0.6) is 0 Å². The summed E-state index contributed by atoms with van der Waals surface area (Å²) in [5.41, 5.74) is 2.50. The minimum absolute atomic E-state index is 0.205. The molecule has 0 saturated heterocycles. The Kier molecular flexibility index (Phi) is 3.38. The smallest absolute Gasteiger partial charge is 0.269 e. The first-order valence-corrected chi connectivity index (χ1v) is 7.00. The van der Waals surface area contributed by atoms with E-state index in [9.17, 15) is 10.1 Å². The number of anilines is 1. The SMILES string of the molecule is O=[N+]([O-])c1ccc2c(c1)CCN2CCCNC1CC1. The summed E-state index contributed by atoms with van der Waals surface area (Å²) in [6, 6.07) is 6.00. The van der Waals surface area contributed by atoms with Crippen LogP contribution in [-0.2, 0) is 6.42 Å². The maximum Gasteiger partial charge on any atom is 0.269 e. The van der Waals surface area contributed by atoms with E-state index in [1.54, 1.807) is 12.1 Å². The normalized spacial score (nSPS) is 17.6. The Morgan fingerprint density at radius 1 is 1.42 bits per heavy atom. The zero-order chi connectivity index (χ0) is 13.2. The number of nitro benzene ring substituents is 1. The van der Waals surface area contributed by atoms with Gasteiger partial charge in [0.1, 0.15) is 0 Å². The van der Waals surface area contributed by atoms with Gasteiger partial charge in [-0.3, -0.25) is 10.1 Å². The Morgan fingerprint density at radius 3 is 3.00 bits per heavy atom. The molecule has 0 aromatic heterocycles. The Labute approximate surface area is 112 Å². The molecule has 1 aliphatic heterocycles. The van der Waals surface area contributed by atoms with Crippen LogP contribution in [0.25, 0.3) is 0 Å². The highest BCUT2D eigenvalue weighted by atomic mass is 16.6. The quantitative estimate of drug-likeness (QED) is 0.484. The van der Waals surface area contributed by atoms with E-state index in [4.69, 9.17) is 0 Å². The highest BCUT2D eigenvalue weighted by molar-refractivity contribution is 5.61. The number of benzene rings is 1. The predicted octanol–water partition coefficient (Wildman–Crippen LogP) is 2.10. The predicted molar refractivity (Wildman–Crippen MR) is 74.7 cm³/mol. The van der Waals surface area contributed by atoms with Crippen LogP contribution in [0, 0.1) is 10.1 Å². The van der Waals surface area contributed by atoms with E-state index >= 15 is 0 Å². The molecule has 19 heavy (non-hydrogen) atoms. The molecule has 0 amide bonds. The zero-order valence-corrected chi connectivity index (χ0v) is 11.0. The summed E-state index contributed by atoms with van der Waals surface area (Å²) in [6.45, 7) is 3.09. The van der Waals surface area contributed by atoms with E-state index in [1.165, 1.54) is 18.5 Å². The summed E-state index contributed by atoms with van der Waals surface area (Å²) < 4.78 is 0. The number of fused-ring (bicyclic) bond motifs is 1. The average molecular weight is 261 g/mol. The number of non-ortho nitro benzene ring substituents is 1. The molecule has 1 aromatic carbocycles. The Hall–Kier alpha value is -1.62. The molecular weight excluding hydrogens is 242 g/mol. The molecule has 1 fully saturated rings. The molecule has 0 atom stereocenters. The molecule has 1 N–H and O–H groups in total.